The second-order valence-corrected chi connectivity index (χ2v) is 7.00. The highest BCUT2D eigenvalue weighted by Crippen LogP contribution is 2.32. The molecule has 4 aromatic rings. The number of hydrogen-bond acceptors (Lipinski definition) is 4. The topological polar surface area (TPSA) is 93.3 Å². The predicted molar refractivity (Wildman–Crippen MR) is 112 cm³/mol. The zero-order chi connectivity index (χ0) is 20.7. The summed E-state index contributed by atoms with van der Waals surface area (Å²) in [7, 11) is 0. The Labute approximate surface area is 166 Å². The minimum Gasteiger partial charge on any atom is -0.339 e. The van der Waals surface area contributed by atoms with Crippen molar-refractivity contribution in [3.8, 4) is 22.4 Å². The summed E-state index contributed by atoms with van der Waals surface area (Å²) in [5.41, 5.74) is 6.76. The Kier molecular flexibility index (Phi) is 4.50. The lowest BCUT2D eigenvalue weighted by Gasteiger charge is -2.11. The van der Waals surface area contributed by atoms with Crippen LogP contribution in [0.3, 0.4) is 0 Å². The molecule has 2 heterocycles. The maximum atomic E-state index is 12.7. The first kappa shape index (κ1) is 18.6. The van der Waals surface area contributed by atoms with Gasteiger partial charge in [-0.05, 0) is 54.7 Å². The highest BCUT2D eigenvalue weighted by molar-refractivity contribution is 5.83. The number of aromatic amines is 1. The Morgan fingerprint density at radius 3 is 2.52 bits per heavy atom. The molecule has 7 heteroatoms. The van der Waals surface area contributed by atoms with Crippen LogP contribution in [0, 0.1) is 24.0 Å². The van der Waals surface area contributed by atoms with E-state index in [9.17, 15) is 14.9 Å². The number of fused-ring (bicyclic) bond motifs is 1. The van der Waals surface area contributed by atoms with Gasteiger partial charge in [0.05, 0.1) is 16.3 Å². The van der Waals surface area contributed by atoms with Crippen molar-refractivity contribution in [3.63, 3.8) is 0 Å². The number of non-ortho nitro benzene ring substituents is 1. The standard InChI is InChI=1S/C22H20N4O3/c1-4-17-13(2)6-5-7-18(17)21-14(3)24-25-20(27)12-19(23-22(21)25)15-8-10-16(11-9-15)26(28)29/h5-12,23H,4H2,1-3H3. The minimum absolute atomic E-state index is 0.00501. The Bertz CT molecular complexity index is 1300. The summed E-state index contributed by atoms with van der Waals surface area (Å²) < 4.78 is 1.38. The van der Waals surface area contributed by atoms with Crippen LogP contribution in [0.15, 0.2) is 53.3 Å². The van der Waals surface area contributed by atoms with E-state index >= 15 is 0 Å². The fourth-order valence-corrected chi connectivity index (χ4v) is 3.80. The SMILES string of the molecule is CCc1c(C)cccc1-c1c(C)nn2c(=O)cc(-c3ccc([N+](=O)[O-])cc3)[nH]c12. The first-order valence-electron chi connectivity index (χ1n) is 9.37. The molecule has 0 saturated heterocycles. The van der Waals surface area contributed by atoms with Crippen LogP contribution in [0.25, 0.3) is 28.0 Å². The quantitative estimate of drug-likeness (QED) is 0.413. The van der Waals surface area contributed by atoms with Crippen molar-refractivity contribution in [3.05, 3.63) is 85.8 Å². The smallest absolute Gasteiger partial charge is 0.274 e. The first-order chi connectivity index (χ1) is 13.9. The number of H-pyrrole nitrogens is 1. The molecule has 2 aromatic carbocycles. The largest absolute Gasteiger partial charge is 0.339 e. The van der Waals surface area contributed by atoms with Crippen LogP contribution >= 0.6 is 0 Å². The maximum absolute atomic E-state index is 12.7. The molecule has 0 radical (unpaired) electrons. The predicted octanol–water partition coefficient (Wildman–Crippen LogP) is 4.44. The number of aromatic nitrogens is 3. The number of rotatable bonds is 4. The van der Waals surface area contributed by atoms with Gasteiger partial charge in [0.2, 0.25) is 0 Å². The van der Waals surface area contributed by atoms with Crippen LogP contribution in [0.5, 0.6) is 0 Å². The molecular formula is C22H20N4O3. The third kappa shape index (κ3) is 3.10. The average molecular weight is 388 g/mol. The van der Waals surface area contributed by atoms with Crippen molar-refractivity contribution in [1.29, 1.82) is 0 Å². The van der Waals surface area contributed by atoms with E-state index in [0.29, 0.717) is 16.9 Å². The van der Waals surface area contributed by atoms with Gasteiger partial charge in [0.1, 0.15) is 5.65 Å². The number of benzene rings is 2. The van der Waals surface area contributed by atoms with E-state index in [1.54, 1.807) is 12.1 Å². The molecule has 0 bridgehead atoms. The van der Waals surface area contributed by atoms with Crippen LogP contribution in [0.4, 0.5) is 5.69 Å². The monoisotopic (exact) mass is 388 g/mol. The molecular weight excluding hydrogens is 368 g/mol. The van der Waals surface area contributed by atoms with Gasteiger partial charge in [-0.3, -0.25) is 14.9 Å². The van der Waals surface area contributed by atoms with Crippen molar-refractivity contribution >= 4 is 11.3 Å². The van der Waals surface area contributed by atoms with Crippen LogP contribution in [0.2, 0.25) is 0 Å². The van der Waals surface area contributed by atoms with Gasteiger partial charge in [0.25, 0.3) is 11.2 Å². The van der Waals surface area contributed by atoms with Crippen molar-refractivity contribution in [2.75, 3.05) is 0 Å². The van der Waals surface area contributed by atoms with Crippen LogP contribution in [-0.4, -0.2) is 19.5 Å². The molecule has 0 atom stereocenters. The Hall–Kier alpha value is -3.74. The van der Waals surface area contributed by atoms with Crippen molar-refractivity contribution < 1.29 is 4.92 Å². The number of nitro benzene ring substituents is 1. The molecule has 0 fully saturated rings. The molecule has 4 rings (SSSR count). The molecule has 146 valence electrons. The molecule has 2 aromatic heterocycles. The second kappa shape index (κ2) is 7.01. The molecule has 0 saturated carbocycles. The van der Waals surface area contributed by atoms with Gasteiger partial charge < -0.3 is 4.98 Å². The van der Waals surface area contributed by atoms with Gasteiger partial charge >= 0.3 is 0 Å². The van der Waals surface area contributed by atoms with Gasteiger partial charge in [-0.15, -0.1) is 0 Å². The molecule has 0 aliphatic heterocycles. The van der Waals surface area contributed by atoms with E-state index in [0.717, 1.165) is 23.2 Å². The van der Waals surface area contributed by atoms with E-state index < -0.39 is 4.92 Å². The van der Waals surface area contributed by atoms with Crippen molar-refractivity contribution in [1.82, 2.24) is 14.6 Å². The van der Waals surface area contributed by atoms with Gasteiger partial charge in [0.15, 0.2) is 0 Å². The van der Waals surface area contributed by atoms with Gasteiger partial charge in [-0.25, -0.2) is 0 Å². The number of nitrogens with one attached hydrogen (secondary N) is 1. The lowest BCUT2D eigenvalue weighted by Crippen LogP contribution is -2.14. The van der Waals surface area contributed by atoms with E-state index in [-0.39, 0.29) is 11.2 Å². The number of nitrogens with zero attached hydrogens (tertiary/aromatic N) is 3. The molecule has 0 spiro atoms. The zero-order valence-corrected chi connectivity index (χ0v) is 16.4. The second-order valence-electron chi connectivity index (χ2n) is 7.00. The summed E-state index contributed by atoms with van der Waals surface area (Å²) in [4.78, 5) is 26.5. The van der Waals surface area contributed by atoms with Crippen LogP contribution in [0.1, 0.15) is 23.7 Å². The van der Waals surface area contributed by atoms with E-state index in [1.807, 2.05) is 19.1 Å². The number of aryl methyl sites for hydroxylation is 2. The fraction of sp³-hybridized carbons (Fsp3) is 0.182. The molecule has 0 amide bonds. The molecule has 1 N–H and O–H groups in total. The Balaban J connectivity index is 1.97. The fourth-order valence-electron chi connectivity index (χ4n) is 3.80. The van der Waals surface area contributed by atoms with Crippen molar-refractivity contribution in [2.45, 2.75) is 27.2 Å². The van der Waals surface area contributed by atoms with Crippen molar-refractivity contribution in [2.24, 2.45) is 0 Å². The lowest BCUT2D eigenvalue weighted by molar-refractivity contribution is -0.384. The van der Waals surface area contributed by atoms with Crippen LogP contribution in [-0.2, 0) is 6.42 Å². The Morgan fingerprint density at radius 1 is 1.14 bits per heavy atom. The normalized spacial score (nSPS) is 11.1. The number of hydrogen-bond donors (Lipinski definition) is 1. The summed E-state index contributed by atoms with van der Waals surface area (Å²) in [6.45, 7) is 6.08. The third-order valence-corrected chi connectivity index (χ3v) is 5.21. The summed E-state index contributed by atoms with van der Waals surface area (Å²) in [5.74, 6) is 0. The first-order valence-corrected chi connectivity index (χ1v) is 9.37. The summed E-state index contributed by atoms with van der Waals surface area (Å²) >= 11 is 0. The molecule has 7 nitrogen and oxygen atoms in total. The van der Waals surface area contributed by atoms with Gasteiger partial charge in [-0.1, -0.05) is 25.1 Å². The Morgan fingerprint density at radius 2 is 1.86 bits per heavy atom. The highest BCUT2D eigenvalue weighted by atomic mass is 16.6. The maximum Gasteiger partial charge on any atom is 0.274 e. The van der Waals surface area contributed by atoms with E-state index in [2.05, 4.69) is 30.0 Å². The molecule has 0 aliphatic rings. The molecule has 29 heavy (non-hydrogen) atoms. The van der Waals surface area contributed by atoms with E-state index in [1.165, 1.54) is 33.8 Å². The molecule has 0 aliphatic carbocycles. The number of nitro groups is 1. The zero-order valence-electron chi connectivity index (χ0n) is 16.4. The highest BCUT2D eigenvalue weighted by Gasteiger charge is 2.18. The van der Waals surface area contributed by atoms with Crippen LogP contribution < -0.4 is 5.56 Å². The average Bonchev–Trinajstić information content (AvgIpc) is 3.04. The summed E-state index contributed by atoms with van der Waals surface area (Å²) in [6.07, 6.45) is 0.866. The summed E-state index contributed by atoms with van der Waals surface area (Å²) in [5, 5.41) is 15.4. The molecule has 0 unspecified atom stereocenters. The lowest BCUT2D eigenvalue weighted by atomic mass is 9.94. The van der Waals surface area contributed by atoms with Gasteiger partial charge in [-0.2, -0.15) is 9.61 Å². The summed E-state index contributed by atoms with van der Waals surface area (Å²) in [6, 6.07) is 13.7. The van der Waals surface area contributed by atoms with Gasteiger partial charge in [0, 0.05) is 23.8 Å². The third-order valence-electron chi connectivity index (χ3n) is 5.21. The minimum atomic E-state index is -0.446. The van der Waals surface area contributed by atoms with E-state index in [4.69, 9.17) is 0 Å².